The van der Waals surface area contributed by atoms with Crippen LogP contribution >= 0.6 is 0 Å². The number of rotatable bonds is 7. The van der Waals surface area contributed by atoms with Crippen LogP contribution in [0.1, 0.15) is 10.4 Å². The molecule has 0 aliphatic carbocycles. The van der Waals surface area contributed by atoms with Crippen LogP contribution in [0, 0.1) is 0 Å². The van der Waals surface area contributed by atoms with Crippen LogP contribution in [-0.4, -0.2) is 27.2 Å². The third kappa shape index (κ3) is 5.54. The van der Waals surface area contributed by atoms with Crippen molar-refractivity contribution in [1.82, 2.24) is 0 Å². The predicted octanol–water partition coefficient (Wildman–Crippen LogP) is 4.69. The van der Waals surface area contributed by atoms with Crippen molar-refractivity contribution in [3.63, 3.8) is 0 Å². The molecule has 30 heavy (non-hydrogen) atoms. The molecule has 2 N–H and O–H groups in total. The summed E-state index contributed by atoms with van der Waals surface area (Å²) in [5.74, 6) is -0.422. The zero-order valence-electron chi connectivity index (χ0n) is 15.8. The van der Waals surface area contributed by atoms with E-state index in [-0.39, 0.29) is 10.6 Å². The Morgan fingerprint density at radius 2 is 1.63 bits per heavy atom. The summed E-state index contributed by atoms with van der Waals surface area (Å²) in [7, 11) is -3.41. The van der Waals surface area contributed by atoms with Gasteiger partial charge in [0.25, 0.3) is 5.91 Å². The van der Waals surface area contributed by atoms with E-state index in [9.17, 15) is 22.0 Å². The molecule has 9 heteroatoms. The summed E-state index contributed by atoms with van der Waals surface area (Å²) in [4.78, 5) is 12.9. The number of alkyl halides is 2. The van der Waals surface area contributed by atoms with Gasteiger partial charge < -0.3 is 15.4 Å². The van der Waals surface area contributed by atoms with Gasteiger partial charge in [0.05, 0.1) is 16.1 Å². The molecule has 3 aromatic rings. The Kier molecular flexibility index (Phi) is 6.31. The summed E-state index contributed by atoms with van der Waals surface area (Å²) in [6.07, 6.45) is 1.09. The average Bonchev–Trinajstić information content (AvgIpc) is 2.69. The molecule has 0 radical (unpaired) electrons. The van der Waals surface area contributed by atoms with Crippen LogP contribution in [0.3, 0.4) is 0 Å². The van der Waals surface area contributed by atoms with Gasteiger partial charge in [-0.05, 0) is 54.6 Å². The van der Waals surface area contributed by atoms with Gasteiger partial charge in [0, 0.05) is 17.6 Å². The largest absolute Gasteiger partial charge is 0.435 e. The third-order valence-corrected chi connectivity index (χ3v) is 5.16. The summed E-state index contributed by atoms with van der Waals surface area (Å²) in [5.41, 5.74) is 1.70. The molecule has 0 saturated carbocycles. The maximum Gasteiger partial charge on any atom is 0.387 e. The molecule has 0 bridgehead atoms. The molecule has 0 saturated heterocycles. The van der Waals surface area contributed by atoms with Gasteiger partial charge in [0.2, 0.25) is 0 Å². The van der Waals surface area contributed by atoms with Crippen molar-refractivity contribution in [3.05, 3.63) is 78.4 Å². The Balaban J connectivity index is 1.79. The highest BCUT2D eigenvalue weighted by atomic mass is 32.2. The van der Waals surface area contributed by atoms with Crippen molar-refractivity contribution < 1.29 is 26.7 Å². The van der Waals surface area contributed by atoms with Crippen molar-refractivity contribution in [2.75, 3.05) is 16.9 Å². The van der Waals surface area contributed by atoms with Crippen LogP contribution in [0.15, 0.2) is 77.7 Å². The lowest BCUT2D eigenvalue weighted by Crippen LogP contribution is -2.14. The minimum absolute atomic E-state index is 0.0207. The highest BCUT2D eigenvalue weighted by Crippen LogP contribution is 2.25. The standard InChI is InChI=1S/C21H18F2N2O4S/c1-30(27,28)17-6-4-5-15(13-17)25-20(26)18-7-2-3-8-19(18)24-14-9-11-16(12-10-14)29-21(22)23/h2-13,21,24H,1H3,(H,25,26). The summed E-state index contributed by atoms with van der Waals surface area (Å²) in [6, 6.07) is 18.5. The highest BCUT2D eigenvalue weighted by molar-refractivity contribution is 7.90. The van der Waals surface area contributed by atoms with Gasteiger partial charge in [0.15, 0.2) is 9.84 Å². The van der Waals surface area contributed by atoms with Crippen LogP contribution in [0.2, 0.25) is 0 Å². The summed E-state index contributed by atoms with van der Waals surface area (Å²) >= 11 is 0. The number of para-hydroxylation sites is 1. The molecule has 0 fully saturated rings. The second kappa shape index (κ2) is 8.91. The maximum absolute atomic E-state index is 12.8. The zero-order chi connectivity index (χ0) is 21.7. The van der Waals surface area contributed by atoms with Crippen LogP contribution in [0.25, 0.3) is 0 Å². The fourth-order valence-electron chi connectivity index (χ4n) is 2.67. The number of ether oxygens (including phenoxy) is 1. The lowest BCUT2D eigenvalue weighted by atomic mass is 10.1. The minimum atomic E-state index is -3.41. The van der Waals surface area contributed by atoms with Crippen molar-refractivity contribution in [2.24, 2.45) is 0 Å². The Morgan fingerprint density at radius 1 is 0.933 bits per heavy atom. The van der Waals surface area contributed by atoms with Crippen molar-refractivity contribution in [1.29, 1.82) is 0 Å². The second-order valence-electron chi connectivity index (χ2n) is 6.33. The highest BCUT2D eigenvalue weighted by Gasteiger charge is 2.14. The molecule has 0 aliphatic heterocycles. The molecule has 3 rings (SSSR count). The van der Waals surface area contributed by atoms with E-state index in [1.54, 1.807) is 48.5 Å². The summed E-state index contributed by atoms with van der Waals surface area (Å²) in [5, 5.41) is 5.74. The molecule has 156 valence electrons. The predicted molar refractivity (Wildman–Crippen MR) is 110 cm³/mol. The van der Waals surface area contributed by atoms with E-state index in [1.165, 1.54) is 24.3 Å². The molecule has 3 aromatic carbocycles. The van der Waals surface area contributed by atoms with Crippen LogP contribution in [0.5, 0.6) is 5.75 Å². The number of amides is 1. The van der Waals surface area contributed by atoms with E-state index in [2.05, 4.69) is 15.4 Å². The minimum Gasteiger partial charge on any atom is -0.435 e. The van der Waals surface area contributed by atoms with E-state index in [0.717, 1.165) is 6.26 Å². The first-order valence-corrected chi connectivity index (χ1v) is 10.6. The van der Waals surface area contributed by atoms with Crippen LogP contribution < -0.4 is 15.4 Å². The van der Waals surface area contributed by atoms with Crippen LogP contribution in [-0.2, 0) is 9.84 Å². The quantitative estimate of drug-likeness (QED) is 0.566. The molecule has 0 aliphatic rings. The number of anilines is 3. The molecule has 0 unspecified atom stereocenters. The number of hydrogen-bond acceptors (Lipinski definition) is 5. The molecule has 0 heterocycles. The van der Waals surface area contributed by atoms with Gasteiger partial charge in [0.1, 0.15) is 5.75 Å². The van der Waals surface area contributed by atoms with Crippen LogP contribution in [0.4, 0.5) is 25.8 Å². The molecular formula is C21H18F2N2O4S. The number of halogens is 2. The van der Waals surface area contributed by atoms with Gasteiger partial charge >= 0.3 is 6.61 Å². The number of carbonyl (C=O) groups is 1. The average molecular weight is 432 g/mol. The number of sulfone groups is 1. The van der Waals surface area contributed by atoms with Gasteiger partial charge in [-0.2, -0.15) is 8.78 Å². The van der Waals surface area contributed by atoms with Crippen molar-refractivity contribution in [2.45, 2.75) is 11.5 Å². The molecule has 0 aromatic heterocycles. The first-order valence-electron chi connectivity index (χ1n) is 8.75. The summed E-state index contributed by atoms with van der Waals surface area (Å²) < 4.78 is 52.3. The van der Waals surface area contributed by atoms with Crippen molar-refractivity contribution >= 4 is 32.8 Å². The smallest absolute Gasteiger partial charge is 0.387 e. The van der Waals surface area contributed by atoms with Gasteiger partial charge in [-0.3, -0.25) is 4.79 Å². The third-order valence-electron chi connectivity index (χ3n) is 4.05. The number of hydrogen-bond donors (Lipinski definition) is 2. The zero-order valence-corrected chi connectivity index (χ0v) is 16.6. The number of nitrogens with one attached hydrogen (secondary N) is 2. The molecule has 0 spiro atoms. The second-order valence-corrected chi connectivity index (χ2v) is 8.34. The first kappa shape index (κ1) is 21.3. The Morgan fingerprint density at radius 3 is 2.30 bits per heavy atom. The monoisotopic (exact) mass is 432 g/mol. The SMILES string of the molecule is CS(=O)(=O)c1cccc(NC(=O)c2ccccc2Nc2ccc(OC(F)F)cc2)c1. The Labute approximate surface area is 172 Å². The topological polar surface area (TPSA) is 84.5 Å². The van der Waals surface area contributed by atoms with Gasteiger partial charge in [-0.25, -0.2) is 8.42 Å². The van der Waals surface area contributed by atoms with E-state index >= 15 is 0 Å². The van der Waals surface area contributed by atoms with E-state index < -0.39 is 22.4 Å². The molecule has 0 atom stereocenters. The Hall–Kier alpha value is -3.46. The van der Waals surface area contributed by atoms with E-state index in [1.807, 2.05) is 0 Å². The molecule has 6 nitrogen and oxygen atoms in total. The molecule has 1 amide bonds. The number of carbonyl (C=O) groups excluding carboxylic acids is 1. The van der Waals surface area contributed by atoms with E-state index in [4.69, 9.17) is 0 Å². The Bertz CT molecular complexity index is 1150. The van der Waals surface area contributed by atoms with Gasteiger partial charge in [-0.15, -0.1) is 0 Å². The normalized spacial score (nSPS) is 11.2. The number of benzene rings is 3. The van der Waals surface area contributed by atoms with Gasteiger partial charge in [-0.1, -0.05) is 18.2 Å². The first-order chi connectivity index (χ1) is 14.2. The molecular weight excluding hydrogens is 414 g/mol. The fraction of sp³-hybridized carbons (Fsp3) is 0.0952. The summed E-state index contributed by atoms with van der Waals surface area (Å²) in [6.45, 7) is -2.91. The van der Waals surface area contributed by atoms with Crippen molar-refractivity contribution in [3.8, 4) is 5.75 Å². The lowest BCUT2D eigenvalue weighted by molar-refractivity contribution is -0.0498. The lowest BCUT2D eigenvalue weighted by Gasteiger charge is -2.13. The fourth-order valence-corrected chi connectivity index (χ4v) is 3.34. The van der Waals surface area contributed by atoms with E-state index in [0.29, 0.717) is 22.6 Å². The maximum atomic E-state index is 12.8.